The molecular formula is C15H11BrN2O3. The van der Waals surface area contributed by atoms with Crippen LogP contribution in [0.1, 0.15) is 31.8 Å². The van der Waals surface area contributed by atoms with E-state index in [0.29, 0.717) is 23.3 Å². The van der Waals surface area contributed by atoms with E-state index in [-0.39, 0.29) is 11.5 Å². The number of halogens is 1. The molecule has 21 heavy (non-hydrogen) atoms. The van der Waals surface area contributed by atoms with Crippen molar-refractivity contribution < 1.29 is 14.7 Å². The quantitative estimate of drug-likeness (QED) is 0.848. The van der Waals surface area contributed by atoms with Gasteiger partial charge in [-0.15, -0.1) is 0 Å². The molecule has 0 spiro atoms. The summed E-state index contributed by atoms with van der Waals surface area (Å²) in [4.78, 5) is 29.1. The lowest BCUT2D eigenvalue weighted by molar-refractivity contribution is 0.0696. The van der Waals surface area contributed by atoms with Gasteiger partial charge in [0.1, 0.15) is 4.60 Å². The Bertz CT molecular complexity index is 728. The molecule has 2 heterocycles. The number of carboxylic acid groups (broad SMARTS) is 1. The van der Waals surface area contributed by atoms with E-state index in [1.165, 1.54) is 6.20 Å². The molecule has 0 aliphatic carbocycles. The van der Waals surface area contributed by atoms with Crippen molar-refractivity contribution in [3.63, 3.8) is 0 Å². The molecule has 1 aromatic heterocycles. The van der Waals surface area contributed by atoms with Gasteiger partial charge in [-0.25, -0.2) is 9.78 Å². The number of carbonyl (C=O) groups is 2. The molecule has 0 saturated heterocycles. The lowest BCUT2D eigenvalue weighted by atomic mass is 10.1. The second kappa shape index (κ2) is 5.29. The Morgan fingerprint density at radius 2 is 1.81 bits per heavy atom. The molecule has 1 aliphatic heterocycles. The molecule has 0 saturated carbocycles. The Hall–Kier alpha value is -2.21. The molecule has 1 N–H and O–H groups in total. The van der Waals surface area contributed by atoms with Gasteiger partial charge < -0.3 is 10.0 Å². The average molecular weight is 347 g/mol. The maximum Gasteiger partial charge on any atom is 0.335 e. The van der Waals surface area contributed by atoms with Gasteiger partial charge >= 0.3 is 5.97 Å². The summed E-state index contributed by atoms with van der Waals surface area (Å²) in [5.41, 5.74) is 2.63. The van der Waals surface area contributed by atoms with Gasteiger partial charge in [0.15, 0.2) is 0 Å². The van der Waals surface area contributed by atoms with Gasteiger partial charge in [-0.05, 0) is 51.3 Å². The molecule has 5 nitrogen and oxygen atoms in total. The number of aromatic nitrogens is 1. The topological polar surface area (TPSA) is 70.5 Å². The van der Waals surface area contributed by atoms with Crippen LogP contribution in [-0.4, -0.2) is 26.9 Å². The van der Waals surface area contributed by atoms with E-state index >= 15 is 0 Å². The van der Waals surface area contributed by atoms with Crippen molar-refractivity contribution in [1.29, 1.82) is 0 Å². The third-order valence-corrected chi connectivity index (χ3v) is 3.91. The third-order valence-electron chi connectivity index (χ3n) is 3.44. The van der Waals surface area contributed by atoms with Gasteiger partial charge in [0.2, 0.25) is 0 Å². The first-order valence-electron chi connectivity index (χ1n) is 6.30. The van der Waals surface area contributed by atoms with Gasteiger partial charge in [-0.2, -0.15) is 0 Å². The summed E-state index contributed by atoms with van der Waals surface area (Å²) in [6, 6.07) is 8.40. The fourth-order valence-corrected chi connectivity index (χ4v) is 2.59. The van der Waals surface area contributed by atoms with E-state index in [2.05, 4.69) is 20.9 Å². The Morgan fingerprint density at radius 1 is 1.10 bits per heavy atom. The summed E-state index contributed by atoms with van der Waals surface area (Å²) >= 11 is 3.23. The summed E-state index contributed by atoms with van der Waals surface area (Å²) < 4.78 is 0.676. The van der Waals surface area contributed by atoms with E-state index in [9.17, 15) is 9.59 Å². The summed E-state index contributed by atoms with van der Waals surface area (Å²) in [6.45, 7) is 0.912. The number of amides is 1. The smallest absolute Gasteiger partial charge is 0.335 e. The predicted molar refractivity (Wildman–Crippen MR) is 78.9 cm³/mol. The molecule has 106 valence electrons. The minimum absolute atomic E-state index is 0.108. The van der Waals surface area contributed by atoms with Gasteiger partial charge in [0.05, 0.1) is 11.1 Å². The Labute approximate surface area is 129 Å². The number of hydrogen-bond acceptors (Lipinski definition) is 3. The van der Waals surface area contributed by atoms with Crippen molar-refractivity contribution in [1.82, 2.24) is 9.88 Å². The van der Waals surface area contributed by atoms with Crippen LogP contribution in [0.5, 0.6) is 0 Å². The van der Waals surface area contributed by atoms with Crippen molar-refractivity contribution >= 4 is 27.8 Å². The molecule has 0 fully saturated rings. The lowest BCUT2D eigenvalue weighted by Gasteiger charge is -2.15. The van der Waals surface area contributed by atoms with E-state index in [0.717, 1.165) is 11.1 Å². The van der Waals surface area contributed by atoms with E-state index in [4.69, 9.17) is 5.11 Å². The van der Waals surface area contributed by atoms with Crippen LogP contribution < -0.4 is 0 Å². The lowest BCUT2D eigenvalue weighted by Crippen LogP contribution is -2.25. The molecule has 0 bridgehead atoms. The Balaban J connectivity index is 1.82. The Morgan fingerprint density at radius 3 is 2.48 bits per heavy atom. The Kier molecular flexibility index (Phi) is 3.47. The molecule has 1 aromatic carbocycles. The first-order valence-corrected chi connectivity index (χ1v) is 7.10. The largest absolute Gasteiger partial charge is 0.478 e. The van der Waals surface area contributed by atoms with Gasteiger partial charge in [0.25, 0.3) is 5.91 Å². The first-order chi connectivity index (χ1) is 10.0. The summed E-state index contributed by atoms with van der Waals surface area (Å²) in [6.07, 6.45) is 1.53. The average Bonchev–Trinajstić information content (AvgIpc) is 2.90. The maximum absolute atomic E-state index is 12.4. The monoisotopic (exact) mass is 346 g/mol. The van der Waals surface area contributed by atoms with Crippen molar-refractivity contribution in [2.45, 2.75) is 13.1 Å². The van der Waals surface area contributed by atoms with Gasteiger partial charge in [-0.3, -0.25) is 4.79 Å². The number of nitrogens with zero attached hydrogens (tertiary/aromatic N) is 2. The number of pyridine rings is 1. The first kappa shape index (κ1) is 13.8. The molecule has 3 rings (SSSR count). The second-order valence-corrected chi connectivity index (χ2v) is 5.63. The number of carboxylic acids is 1. The van der Waals surface area contributed by atoms with E-state index < -0.39 is 5.97 Å². The molecule has 2 aromatic rings. The minimum atomic E-state index is -0.959. The maximum atomic E-state index is 12.4. The number of aromatic carboxylic acids is 1. The number of hydrogen-bond donors (Lipinski definition) is 1. The zero-order chi connectivity index (χ0) is 15.0. The predicted octanol–water partition coefficient (Wildman–Crippen LogP) is 2.70. The highest BCUT2D eigenvalue weighted by molar-refractivity contribution is 9.10. The van der Waals surface area contributed by atoms with Crippen LogP contribution in [0.25, 0.3) is 0 Å². The van der Waals surface area contributed by atoms with Crippen LogP contribution in [0.2, 0.25) is 0 Å². The van der Waals surface area contributed by atoms with Crippen molar-refractivity contribution in [2.24, 2.45) is 0 Å². The van der Waals surface area contributed by atoms with Crippen LogP contribution in [-0.2, 0) is 13.1 Å². The standard InChI is InChI=1S/C15H11BrN2O3/c16-13-4-3-10(6-17-13)14(19)18-7-11-2-1-9(15(20)21)5-12(11)8-18/h1-6H,7-8H2,(H,20,21). The molecule has 1 aliphatic rings. The van der Waals surface area contributed by atoms with Crippen LogP contribution in [0.3, 0.4) is 0 Å². The number of rotatable bonds is 2. The van der Waals surface area contributed by atoms with E-state index in [1.54, 1.807) is 35.2 Å². The zero-order valence-electron chi connectivity index (χ0n) is 10.9. The molecule has 0 unspecified atom stereocenters. The SMILES string of the molecule is O=C(O)c1ccc2c(c1)CN(C(=O)c1ccc(Br)nc1)C2. The second-order valence-electron chi connectivity index (χ2n) is 4.82. The fraction of sp³-hybridized carbons (Fsp3) is 0.133. The van der Waals surface area contributed by atoms with Gasteiger partial charge in [-0.1, -0.05) is 6.07 Å². The zero-order valence-corrected chi connectivity index (χ0v) is 12.5. The van der Waals surface area contributed by atoms with Crippen molar-refractivity contribution in [3.05, 3.63) is 63.4 Å². The molecule has 6 heteroatoms. The molecule has 0 atom stereocenters. The number of fused-ring (bicyclic) bond motifs is 1. The summed E-state index contributed by atoms with van der Waals surface area (Å²) in [5.74, 6) is -1.07. The minimum Gasteiger partial charge on any atom is -0.478 e. The summed E-state index contributed by atoms with van der Waals surface area (Å²) in [7, 11) is 0. The van der Waals surface area contributed by atoms with Crippen LogP contribution in [0.4, 0.5) is 0 Å². The van der Waals surface area contributed by atoms with Crippen LogP contribution >= 0.6 is 15.9 Å². The fourth-order valence-electron chi connectivity index (χ4n) is 2.36. The molecule has 1 amide bonds. The van der Waals surface area contributed by atoms with Crippen LogP contribution in [0, 0.1) is 0 Å². The van der Waals surface area contributed by atoms with Crippen LogP contribution in [0.15, 0.2) is 41.1 Å². The molecule has 0 radical (unpaired) electrons. The highest BCUT2D eigenvalue weighted by atomic mass is 79.9. The highest BCUT2D eigenvalue weighted by Gasteiger charge is 2.25. The summed E-state index contributed by atoms with van der Waals surface area (Å²) in [5, 5.41) is 9.00. The van der Waals surface area contributed by atoms with Crippen molar-refractivity contribution in [3.8, 4) is 0 Å². The van der Waals surface area contributed by atoms with E-state index in [1.807, 2.05) is 0 Å². The third kappa shape index (κ3) is 2.67. The van der Waals surface area contributed by atoms with Gasteiger partial charge in [0, 0.05) is 19.3 Å². The molecular weight excluding hydrogens is 336 g/mol. The number of carbonyl (C=O) groups excluding carboxylic acids is 1. The number of benzene rings is 1. The normalized spacial score (nSPS) is 13.1. The highest BCUT2D eigenvalue weighted by Crippen LogP contribution is 2.25. The van der Waals surface area contributed by atoms with Crippen molar-refractivity contribution in [2.75, 3.05) is 0 Å².